The van der Waals surface area contributed by atoms with E-state index in [0.717, 1.165) is 0 Å². The molecule has 8 nitrogen and oxygen atoms in total. The van der Waals surface area contributed by atoms with E-state index in [-0.39, 0.29) is 30.5 Å². The first-order valence-electron chi connectivity index (χ1n) is 8.15. The highest BCUT2D eigenvalue weighted by Gasteiger charge is 2.34. The zero-order chi connectivity index (χ0) is 18.9. The van der Waals surface area contributed by atoms with Crippen LogP contribution in [-0.4, -0.2) is 47.5 Å². The predicted octanol–water partition coefficient (Wildman–Crippen LogP) is 2.55. The lowest BCUT2D eigenvalue weighted by molar-refractivity contribution is -0.0199. The second-order valence-corrected chi connectivity index (χ2v) is 8.25. The topological polar surface area (TPSA) is 98.4 Å². The van der Waals surface area contributed by atoms with E-state index in [1.54, 1.807) is 36.7 Å². The fraction of sp³-hybridized carbons (Fsp3) is 0.235. The third kappa shape index (κ3) is 3.72. The van der Waals surface area contributed by atoms with E-state index >= 15 is 0 Å². The van der Waals surface area contributed by atoms with Gasteiger partial charge in [-0.1, -0.05) is 22.8 Å². The molecule has 1 unspecified atom stereocenters. The van der Waals surface area contributed by atoms with E-state index in [2.05, 4.69) is 15.1 Å². The van der Waals surface area contributed by atoms with Crippen molar-refractivity contribution in [3.8, 4) is 11.4 Å². The molecule has 4 rings (SSSR count). The summed E-state index contributed by atoms with van der Waals surface area (Å²) >= 11 is 5.93. The van der Waals surface area contributed by atoms with Crippen LogP contribution in [0.5, 0.6) is 0 Å². The van der Waals surface area contributed by atoms with Gasteiger partial charge in [-0.3, -0.25) is 4.98 Å². The molecule has 0 N–H and O–H groups in total. The number of sulfonamides is 1. The highest BCUT2D eigenvalue weighted by atomic mass is 35.5. The normalized spacial score (nSPS) is 18.5. The number of hydrogen-bond donors (Lipinski definition) is 0. The highest BCUT2D eigenvalue weighted by molar-refractivity contribution is 7.89. The molecular weight excluding hydrogens is 392 g/mol. The minimum atomic E-state index is -3.70. The van der Waals surface area contributed by atoms with Crippen molar-refractivity contribution in [2.45, 2.75) is 11.0 Å². The van der Waals surface area contributed by atoms with Gasteiger partial charge in [0.2, 0.25) is 15.8 Å². The Labute approximate surface area is 160 Å². The Kier molecular flexibility index (Phi) is 4.92. The number of halogens is 1. The second kappa shape index (κ2) is 7.35. The first-order chi connectivity index (χ1) is 13.0. The number of hydrogen-bond acceptors (Lipinski definition) is 7. The number of rotatable bonds is 4. The van der Waals surface area contributed by atoms with Gasteiger partial charge in [-0.25, -0.2) is 8.42 Å². The molecular formula is C17H15ClN4O4S. The summed E-state index contributed by atoms with van der Waals surface area (Å²) < 4.78 is 38.0. The summed E-state index contributed by atoms with van der Waals surface area (Å²) in [4.78, 5) is 8.48. The second-order valence-electron chi connectivity index (χ2n) is 5.88. The van der Waals surface area contributed by atoms with E-state index in [9.17, 15) is 8.42 Å². The van der Waals surface area contributed by atoms with Gasteiger partial charge in [0.05, 0.1) is 11.5 Å². The van der Waals surface area contributed by atoms with Crippen molar-refractivity contribution in [2.24, 2.45) is 0 Å². The van der Waals surface area contributed by atoms with Gasteiger partial charge in [0, 0.05) is 36.1 Å². The Bertz CT molecular complexity index is 1040. The van der Waals surface area contributed by atoms with Crippen molar-refractivity contribution in [1.29, 1.82) is 0 Å². The minimum absolute atomic E-state index is 0.0729. The lowest BCUT2D eigenvalue weighted by Gasteiger charge is -2.30. The molecule has 1 atom stereocenters. The summed E-state index contributed by atoms with van der Waals surface area (Å²) in [5.41, 5.74) is 0.701. The van der Waals surface area contributed by atoms with Crippen molar-refractivity contribution < 1.29 is 17.7 Å². The molecule has 140 valence electrons. The molecule has 1 aromatic carbocycles. The van der Waals surface area contributed by atoms with Gasteiger partial charge < -0.3 is 9.26 Å². The van der Waals surface area contributed by atoms with Crippen LogP contribution in [0.1, 0.15) is 12.0 Å². The molecule has 0 amide bonds. The van der Waals surface area contributed by atoms with E-state index in [4.69, 9.17) is 20.9 Å². The SMILES string of the molecule is O=S(=O)(c1cccc(Cl)c1)N1CCOC(c2nc(-c3cccnc3)no2)C1. The fourth-order valence-corrected chi connectivity index (χ4v) is 4.47. The van der Waals surface area contributed by atoms with Crippen LogP contribution < -0.4 is 0 Å². The molecule has 1 aliphatic heterocycles. The Morgan fingerprint density at radius 3 is 2.89 bits per heavy atom. The summed E-state index contributed by atoms with van der Waals surface area (Å²) in [6.07, 6.45) is 2.62. The van der Waals surface area contributed by atoms with Crippen LogP contribution in [0.2, 0.25) is 5.02 Å². The largest absolute Gasteiger partial charge is 0.366 e. The van der Waals surface area contributed by atoms with Crippen molar-refractivity contribution in [1.82, 2.24) is 19.4 Å². The Morgan fingerprint density at radius 1 is 1.22 bits per heavy atom. The number of nitrogens with zero attached hydrogens (tertiary/aromatic N) is 4. The third-order valence-corrected chi connectivity index (χ3v) is 6.20. The highest BCUT2D eigenvalue weighted by Crippen LogP contribution is 2.27. The number of morpholine rings is 1. The standard InChI is InChI=1S/C17H15ClN4O4S/c18-13-4-1-5-14(9-13)27(23,24)22-7-8-25-15(11-22)17-20-16(21-26-17)12-3-2-6-19-10-12/h1-6,9-10,15H,7-8,11H2. The quantitative estimate of drug-likeness (QED) is 0.656. The molecule has 0 saturated carbocycles. The van der Waals surface area contributed by atoms with Crippen molar-refractivity contribution >= 4 is 21.6 Å². The first-order valence-corrected chi connectivity index (χ1v) is 9.97. The predicted molar refractivity (Wildman–Crippen MR) is 96.4 cm³/mol. The number of aromatic nitrogens is 3. The van der Waals surface area contributed by atoms with Crippen molar-refractivity contribution in [3.05, 3.63) is 59.7 Å². The lowest BCUT2D eigenvalue weighted by Crippen LogP contribution is -2.42. The summed E-state index contributed by atoms with van der Waals surface area (Å²) in [6.45, 7) is 0.521. The molecule has 10 heteroatoms. The van der Waals surface area contributed by atoms with Crippen LogP contribution in [0, 0.1) is 0 Å². The van der Waals surface area contributed by atoms with Crippen LogP contribution in [0.4, 0.5) is 0 Å². The average molecular weight is 407 g/mol. The summed E-state index contributed by atoms with van der Waals surface area (Å²) in [6, 6.07) is 9.74. The van der Waals surface area contributed by atoms with E-state index in [0.29, 0.717) is 16.4 Å². The van der Waals surface area contributed by atoms with Crippen molar-refractivity contribution in [2.75, 3.05) is 19.7 Å². The Morgan fingerprint density at radius 2 is 2.11 bits per heavy atom. The monoisotopic (exact) mass is 406 g/mol. The van der Waals surface area contributed by atoms with Crippen molar-refractivity contribution in [3.63, 3.8) is 0 Å². The molecule has 0 spiro atoms. The van der Waals surface area contributed by atoms with Gasteiger partial charge in [-0.05, 0) is 30.3 Å². The number of ether oxygens (including phenoxy) is 1. The molecule has 0 bridgehead atoms. The molecule has 1 saturated heterocycles. The van der Waals surface area contributed by atoms with E-state index in [1.165, 1.54) is 16.4 Å². The summed E-state index contributed by atoms with van der Waals surface area (Å²) in [5.74, 6) is 0.594. The zero-order valence-corrected chi connectivity index (χ0v) is 15.6. The molecule has 3 heterocycles. The summed E-state index contributed by atoms with van der Waals surface area (Å²) in [7, 11) is -3.70. The number of benzene rings is 1. The molecule has 27 heavy (non-hydrogen) atoms. The van der Waals surface area contributed by atoms with Crippen LogP contribution >= 0.6 is 11.6 Å². The molecule has 0 radical (unpaired) electrons. The smallest absolute Gasteiger partial charge is 0.257 e. The van der Waals surface area contributed by atoms with E-state index in [1.807, 2.05) is 0 Å². The fourth-order valence-electron chi connectivity index (χ4n) is 2.75. The van der Waals surface area contributed by atoms with Crippen LogP contribution in [-0.2, 0) is 14.8 Å². The Balaban J connectivity index is 1.56. The lowest BCUT2D eigenvalue weighted by atomic mass is 10.2. The maximum atomic E-state index is 12.9. The van der Waals surface area contributed by atoms with Crippen LogP contribution in [0.25, 0.3) is 11.4 Å². The average Bonchev–Trinajstić information content (AvgIpc) is 3.19. The maximum absolute atomic E-state index is 12.9. The molecule has 2 aromatic heterocycles. The summed E-state index contributed by atoms with van der Waals surface area (Å²) in [5, 5.41) is 4.29. The van der Waals surface area contributed by atoms with Gasteiger partial charge in [0.1, 0.15) is 0 Å². The van der Waals surface area contributed by atoms with E-state index < -0.39 is 16.1 Å². The van der Waals surface area contributed by atoms with Gasteiger partial charge in [0.15, 0.2) is 6.10 Å². The molecule has 1 aliphatic rings. The Hall–Kier alpha value is -2.33. The number of pyridine rings is 1. The van der Waals surface area contributed by atoms with Gasteiger partial charge in [-0.15, -0.1) is 0 Å². The van der Waals surface area contributed by atoms with Crippen LogP contribution in [0.3, 0.4) is 0 Å². The molecule has 1 fully saturated rings. The third-order valence-electron chi connectivity index (χ3n) is 4.10. The zero-order valence-electron chi connectivity index (χ0n) is 14.0. The van der Waals surface area contributed by atoms with Gasteiger partial charge in [0.25, 0.3) is 5.89 Å². The molecule has 3 aromatic rings. The minimum Gasteiger partial charge on any atom is -0.366 e. The maximum Gasteiger partial charge on any atom is 0.257 e. The van der Waals surface area contributed by atoms with Crippen LogP contribution in [0.15, 0.2) is 58.2 Å². The van der Waals surface area contributed by atoms with Gasteiger partial charge in [-0.2, -0.15) is 9.29 Å². The van der Waals surface area contributed by atoms with Gasteiger partial charge >= 0.3 is 0 Å². The molecule has 0 aliphatic carbocycles. The first kappa shape index (κ1) is 18.1.